The van der Waals surface area contributed by atoms with Gasteiger partial charge in [0.1, 0.15) is 19.3 Å². The Morgan fingerprint density at radius 3 is 0.820 bits per heavy atom. The van der Waals surface area contributed by atoms with Crippen LogP contribution in [0, 0.1) is 0 Å². The first kappa shape index (κ1) is 96.0. The highest BCUT2D eigenvalue weighted by atomic mass is 31.2. The van der Waals surface area contributed by atoms with E-state index in [0.717, 1.165) is 180 Å². The SMILES string of the molecule is CC/C=C\C/C=C\C/C=C\CCCCCCCC(=O)OCC(COP(=O)(O)OCC(O)COP(=O)(O)OCC(COC(=O)CCCCCCCC/C=C\C/C=C\C/C=C\CCCCC)OC(=O)CCCCCCCCCCCCC)OC(=O)CCCCCCC/C=C\C/C=C\CCCCC. The van der Waals surface area contributed by atoms with Gasteiger partial charge >= 0.3 is 39.5 Å². The third-order valence-corrected chi connectivity index (χ3v) is 18.4. The third kappa shape index (κ3) is 72.3. The second-order valence-corrected chi connectivity index (χ2v) is 29.2. The van der Waals surface area contributed by atoms with Crippen LogP contribution in [0.15, 0.2) is 97.2 Å². The van der Waals surface area contributed by atoms with Crippen molar-refractivity contribution < 1.29 is 80.2 Å². The van der Waals surface area contributed by atoms with Crippen LogP contribution in [0.4, 0.5) is 0 Å². The molecule has 0 aliphatic rings. The van der Waals surface area contributed by atoms with Crippen molar-refractivity contribution in [3.63, 3.8) is 0 Å². The molecule has 0 radical (unpaired) electrons. The van der Waals surface area contributed by atoms with E-state index in [2.05, 4.69) is 125 Å². The minimum atomic E-state index is -4.98. The standard InChI is InChI=1S/C81H142O17P2/c1-5-9-13-17-21-25-29-32-35-36-37-38-41-43-47-50-54-58-62-66-79(84)91-71-76(97-80(85)67-63-59-55-51-45-28-24-20-16-12-8-4)73-95-99(87,88)93-69-75(82)70-94-100(89,90)96-74-77(98-81(86)68-64-60-56-52-48-44-40-34-31-27-23-19-15-11-7-3)72-92-78(83)65-61-57-53-49-46-42-39-33-30-26-22-18-14-10-6-2/h10,14,21-23,25-27,32-35,37-40,75-77,82H,5-9,11-13,15-20,24,28-31,36,41-74H2,1-4H3,(H,87,88)(H,89,90)/b14-10-,25-21-,26-22-,27-23-,35-32-,38-37-,39-33-,40-34-. The van der Waals surface area contributed by atoms with Crippen LogP contribution in [0.1, 0.15) is 336 Å². The van der Waals surface area contributed by atoms with Crippen LogP contribution in [-0.4, -0.2) is 96.7 Å². The van der Waals surface area contributed by atoms with Gasteiger partial charge in [-0.15, -0.1) is 0 Å². The molecular weight excluding hydrogens is 1310 g/mol. The molecular formula is C81H142O17P2. The van der Waals surface area contributed by atoms with E-state index in [1.54, 1.807) is 0 Å². The average molecular weight is 1450 g/mol. The number of hydrogen-bond donors (Lipinski definition) is 3. The van der Waals surface area contributed by atoms with E-state index in [1.165, 1.54) is 77.0 Å². The first-order valence-corrected chi connectivity index (χ1v) is 42.5. The largest absolute Gasteiger partial charge is 0.472 e. The van der Waals surface area contributed by atoms with E-state index < -0.39 is 97.5 Å². The summed E-state index contributed by atoms with van der Waals surface area (Å²) in [4.78, 5) is 72.9. The molecule has 0 aliphatic heterocycles. The molecule has 19 heteroatoms. The van der Waals surface area contributed by atoms with Gasteiger partial charge in [-0.05, 0) is 128 Å². The van der Waals surface area contributed by atoms with Crippen molar-refractivity contribution >= 4 is 39.5 Å². The second-order valence-electron chi connectivity index (χ2n) is 26.3. The number of carbonyl (C=O) groups is 4. The number of aliphatic hydroxyl groups is 1. The minimum Gasteiger partial charge on any atom is -0.462 e. The van der Waals surface area contributed by atoms with Gasteiger partial charge in [0.25, 0.3) is 0 Å². The summed E-state index contributed by atoms with van der Waals surface area (Å²) in [6.45, 7) is 4.68. The molecule has 0 fully saturated rings. The van der Waals surface area contributed by atoms with Gasteiger partial charge in [0.15, 0.2) is 12.2 Å². The summed E-state index contributed by atoms with van der Waals surface area (Å²) < 4.78 is 68.5. The summed E-state index contributed by atoms with van der Waals surface area (Å²) in [7, 11) is -9.96. The fraction of sp³-hybridized carbons (Fsp3) is 0.753. The first-order valence-electron chi connectivity index (χ1n) is 39.5. The molecule has 0 aromatic heterocycles. The smallest absolute Gasteiger partial charge is 0.462 e. The van der Waals surface area contributed by atoms with E-state index in [0.29, 0.717) is 25.7 Å². The quantitative estimate of drug-likeness (QED) is 0.0169. The number of carbonyl (C=O) groups excluding carboxylic acids is 4. The molecule has 3 N–H and O–H groups in total. The van der Waals surface area contributed by atoms with Crippen molar-refractivity contribution in [1.82, 2.24) is 0 Å². The molecule has 17 nitrogen and oxygen atoms in total. The molecule has 0 saturated carbocycles. The molecule has 0 aromatic carbocycles. The van der Waals surface area contributed by atoms with Crippen molar-refractivity contribution in [2.45, 2.75) is 354 Å². The lowest BCUT2D eigenvalue weighted by Crippen LogP contribution is -2.30. The summed E-state index contributed by atoms with van der Waals surface area (Å²) in [6, 6.07) is 0. The molecule has 5 unspecified atom stereocenters. The normalized spacial score (nSPS) is 14.4. The summed E-state index contributed by atoms with van der Waals surface area (Å²) in [5.74, 6) is -2.21. The number of allylic oxidation sites excluding steroid dienone is 16. The Morgan fingerprint density at radius 1 is 0.290 bits per heavy atom. The second kappa shape index (κ2) is 73.3. The molecule has 0 spiro atoms. The Bertz CT molecular complexity index is 2270. The molecule has 0 amide bonds. The maximum Gasteiger partial charge on any atom is 0.472 e. The Morgan fingerprint density at radius 2 is 0.520 bits per heavy atom. The summed E-state index contributed by atoms with van der Waals surface area (Å²) in [6.07, 6.45) is 76.7. The van der Waals surface area contributed by atoms with E-state index >= 15 is 0 Å². The number of hydrogen-bond acceptors (Lipinski definition) is 15. The van der Waals surface area contributed by atoms with Gasteiger partial charge < -0.3 is 33.8 Å². The van der Waals surface area contributed by atoms with Crippen LogP contribution in [0.3, 0.4) is 0 Å². The lowest BCUT2D eigenvalue weighted by Gasteiger charge is -2.21. The molecule has 0 aromatic rings. The van der Waals surface area contributed by atoms with E-state index in [4.69, 9.17) is 37.0 Å². The van der Waals surface area contributed by atoms with Crippen LogP contribution in [-0.2, 0) is 65.4 Å². The lowest BCUT2D eigenvalue weighted by atomic mass is 10.1. The topological polar surface area (TPSA) is 237 Å². The Labute approximate surface area is 607 Å². The predicted molar refractivity (Wildman–Crippen MR) is 409 cm³/mol. The summed E-state index contributed by atoms with van der Waals surface area (Å²) in [5, 5.41) is 10.6. The number of unbranched alkanes of at least 4 members (excludes halogenated alkanes) is 32. The number of ether oxygens (including phenoxy) is 4. The van der Waals surface area contributed by atoms with Crippen LogP contribution in [0.25, 0.3) is 0 Å². The predicted octanol–water partition coefficient (Wildman–Crippen LogP) is 22.8. The zero-order valence-electron chi connectivity index (χ0n) is 63.1. The van der Waals surface area contributed by atoms with Crippen molar-refractivity contribution in [3.05, 3.63) is 97.2 Å². The van der Waals surface area contributed by atoms with Crippen molar-refractivity contribution in [2.24, 2.45) is 0 Å². The highest BCUT2D eigenvalue weighted by Crippen LogP contribution is 2.45. The lowest BCUT2D eigenvalue weighted by molar-refractivity contribution is -0.161. The number of phosphoric acid groups is 2. The van der Waals surface area contributed by atoms with Crippen LogP contribution < -0.4 is 0 Å². The highest BCUT2D eigenvalue weighted by Gasteiger charge is 2.30. The van der Waals surface area contributed by atoms with Gasteiger partial charge in [-0.25, -0.2) is 9.13 Å². The van der Waals surface area contributed by atoms with Gasteiger partial charge in [0.2, 0.25) is 0 Å². The average Bonchev–Trinajstić information content (AvgIpc) is 0.966. The Kier molecular flexibility index (Phi) is 70.4. The monoisotopic (exact) mass is 1450 g/mol. The van der Waals surface area contributed by atoms with Gasteiger partial charge in [-0.3, -0.25) is 37.3 Å². The molecule has 0 bridgehead atoms. The van der Waals surface area contributed by atoms with Crippen LogP contribution >= 0.6 is 15.6 Å². The highest BCUT2D eigenvalue weighted by molar-refractivity contribution is 7.47. The van der Waals surface area contributed by atoms with E-state index in [9.17, 15) is 43.2 Å². The third-order valence-electron chi connectivity index (χ3n) is 16.5. The molecule has 0 saturated heterocycles. The van der Waals surface area contributed by atoms with Crippen molar-refractivity contribution in [3.8, 4) is 0 Å². The number of esters is 4. The van der Waals surface area contributed by atoms with Gasteiger partial charge in [-0.1, -0.05) is 279 Å². The first-order chi connectivity index (χ1) is 48.7. The molecule has 5 atom stereocenters. The molecule has 100 heavy (non-hydrogen) atoms. The molecule has 0 rings (SSSR count). The molecule has 578 valence electrons. The van der Waals surface area contributed by atoms with Crippen LogP contribution in [0.5, 0.6) is 0 Å². The number of rotatable bonds is 74. The zero-order valence-corrected chi connectivity index (χ0v) is 64.9. The number of aliphatic hydroxyl groups excluding tert-OH is 1. The fourth-order valence-corrected chi connectivity index (χ4v) is 12.1. The van der Waals surface area contributed by atoms with E-state index in [1.807, 2.05) is 0 Å². The van der Waals surface area contributed by atoms with Crippen LogP contribution in [0.2, 0.25) is 0 Å². The Balaban J connectivity index is 5.33. The van der Waals surface area contributed by atoms with Gasteiger partial charge in [0, 0.05) is 25.7 Å². The minimum absolute atomic E-state index is 0.0753. The number of phosphoric ester groups is 2. The molecule has 0 heterocycles. The van der Waals surface area contributed by atoms with Crippen molar-refractivity contribution in [2.75, 3.05) is 39.6 Å². The maximum absolute atomic E-state index is 13.1. The Hall–Kier alpha value is -4.02. The maximum atomic E-state index is 13.1. The summed E-state index contributed by atoms with van der Waals surface area (Å²) in [5.41, 5.74) is 0. The fourth-order valence-electron chi connectivity index (χ4n) is 10.5. The van der Waals surface area contributed by atoms with E-state index in [-0.39, 0.29) is 25.7 Å². The molecule has 0 aliphatic carbocycles. The van der Waals surface area contributed by atoms with Gasteiger partial charge in [-0.2, -0.15) is 0 Å². The summed E-state index contributed by atoms with van der Waals surface area (Å²) >= 11 is 0. The van der Waals surface area contributed by atoms with Crippen molar-refractivity contribution in [1.29, 1.82) is 0 Å². The van der Waals surface area contributed by atoms with Gasteiger partial charge in [0.05, 0.1) is 26.4 Å². The zero-order chi connectivity index (χ0) is 73.2.